The van der Waals surface area contributed by atoms with Crippen LogP contribution in [-0.4, -0.2) is 45.4 Å². The van der Waals surface area contributed by atoms with E-state index in [9.17, 15) is 18.4 Å². The van der Waals surface area contributed by atoms with Gasteiger partial charge < -0.3 is 25.3 Å². The summed E-state index contributed by atoms with van der Waals surface area (Å²) in [5, 5.41) is 2.33. The minimum atomic E-state index is -3.13. The Morgan fingerprint density at radius 2 is 2.00 bits per heavy atom. The van der Waals surface area contributed by atoms with Crippen LogP contribution < -0.4 is 15.8 Å². The summed E-state index contributed by atoms with van der Waals surface area (Å²) in [7, 11) is 2.51. The zero-order valence-electron chi connectivity index (χ0n) is 12.0. The first kappa shape index (κ1) is 17.8. The molecule has 0 radical (unpaired) electrons. The number of carbonyl (C=O) groups excluding carboxylic acids is 2. The summed E-state index contributed by atoms with van der Waals surface area (Å²) in [5.41, 5.74) is 5.47. The lowest BCUT2D eigenvalue weighted by Gasteiger charge is -2.15. The molecular formula is C13H16F2N2O5. The van der Waals surface area contributed by atoms with Crippen molar-refractivity contribution in [1.29, 1.82) is 0 Å². The first-order chi connectivity index (χ1) is 10.4. The van der Waals surface area contributed by atoms with Gasteiger partial charge in [-0.3, -0.25) is 4.79 Å². The Morgan fingerprint density at radius 1 is 1.32 bits per heavy atom. The van der Waals surface area contributed by atoms with Crippen LogP contribution in [0.2, 0.25) is 0 Å². The average molecular weight is 318 g/mol. The van der Waals surface area contributed by atoms with Crippen LogP contribution in [0.3, 0.4) is 0 Å². The van der Waals surface area contributed by atoms with Gasteiger partial charge in [0.05, 0.1) is 25.0 Å². The predicted octanol–water partition coefficient (Wildman–Crippen LogP) is 0.987. The Kier molecular flexibility index (Phi) is 6.67. The first-order valence-corrected chi connectivity index (χ1v) is 6.11. The molecule has 0 spiro atoms. The van der Waals surface area contributed by atoms with E-state index in [2.05, 4.69) is 14.8 Å². The Labute approximate surface area is 125 Å². The Bertz CT molecular complexity index is 539. The summed E-state index contributed by atoms with van der Waals surface area (Å²) in [6, 6.07) is 2.59. The SMILES string of the molecule is COCC(N)C(=O)Nc1ccc(C(=O)OC)cc1OC(F)F. The van der Waals surface area contributed by atoms with Crippen molar-refractivity contribution in [3.05, 3.63) is 23.8 Å². The topological polar surface area (TPSA) is 99.9 Å². The lowest BCUT2D eigenvalue weighted by atomic mass is 10.2. The van der Waals surface area contributed by atoms with E-state index in [4.69, 9.17) is 10.5 Å². The number of hydrogen-bond donors (Lipinski definition) is 2. The number of nitrogens with two attached hydrogens (primary N) is 1. The van der Waals surface area contributed by atoms with E-state index in [1.54, 1.807) is 0 Å². The van der Waals surface area contributed by atoms with Crippen molar-refractivity contribution < 1.29 is 32.6 Å². The maximum absolute atomic E-state index is 12.4. The molecule has 3 N–H and O–H groups in total. The van der Waals surface area contributed by atoms with E-state index in [0.29, 0.717) is 0 Å². The van der Waals surface area contributed by atoms with Crippen LogP contribution in [0.4, 0.5) is 14.5 Å². The molecule has 122 valence electrons. The highest BCUT2D eigenvalue weighted by Crippen LogP contribution is 2.28. The Hall–Kier alpha value is -2.26. The van der Waals surface area contributed by atoms with Crippen molar-refractivity contribution >= 4 is 17.6 Å². The van der Waals surface area contributed by atoms with Gasteiger partial charge in [-0.2, -0.15) is 8.78 Å². The van der Waals surface area contributed by atoms with Gasteiger partial charge >= 0.3 is 12.6 Å². The van der Waals surface area contributed by atoms with Gasteiger partial charge in [0, 0.05) is 7.11 Å². The van der Waals surface area contributed by atoms with Crippen molar-refractivity contribution in [3.8, 4) is 5.75 Å². The second-order valence-electron chi connectivity index (χ2n) is 4.13. The number of esters is 1. The fourth-order valence-corrected chi connectivity index (χ4v) is 1.54. The van der Waals surface area contributed by atoms with E-state index < -0.39 is 24.5 Å². The predicted molar refractivity (Wildman–Crippen MR) is 72.9 cm³/mol. The molecule has 1 rings (SSSR count). The highest BCUT2D eigenvalue weighted by molar-refractivity contribution is 5.97. The molecule has 1 aromatic carbocycles. The number of nitrogens with one attached hydrogen (secondary N) is 1. The Morgan fingerprint density at radius 3 is 2.55 bits per heavy atom. The molecule has 9 heteroatoms. The third-order valence-corrected chi connectivity index (χ3v) is 2.56. The molecule has 1 unspecified atom stereocenters. The second-order valence-corrected chi connectivity index (χ2v) is 4.13. The number of rotatable bonds is 7. The monoisotopic (exact) mass is 318 g/mol. The van der Waals surface area contributed by atoms with Gasteiger partial charge in [-0.25, -0.2) is 4.79 Å². The third-order valence-electron chi connectivity index (χ3n) is 2.56. The van der Waals surface area contributed by atoms with Gasteiger partial charge in [-0.15, -0.1) is 0 Å². The maximum atomic E-state index is 12.4. The molecule has 0 aliphatic carbocycles. The molecule has 0 fully saturated rings. The van der Waals surface area contributed by atoms with E-state index in [-0.39, 0.29) is 23.6 Å². The third kappa shape index (κ3) is 4.93. The van der Waals surface area contributed by atoms with E-state index in [1.165, 1.54) is 19.2 Å². The van der Waals surface area contributed by atoms with Crippen LogP contribution >= 0.6 is 0 Å². The average Bonchev–Trinajstić information content (AvgIpc) is 2.47. The molecule has 0 saturated carbocycles. The highest BCUT2D eigenvalue weighted by atomic mass is 19.3. The summed E-state index contributed by atoms with van der Waals surface area (Å²) in [5.74, 6) is -1.75. The van der Waals surface area contributed by atoms with Crippen LogP contribution in [0, 0.1) is 0 Å². The van der Waals surface area contributed by atoms with Crippen LogP contribution in [0.5, 0.6) is 5.75 Å². The quantitative estimate of drug-likeness (QED) is 0.727. The minimum absolute atomic E-state index is 0.00246. The van der Waals surface area contributed by atoms with Crippen molar-refractivity contribution in [1.82, 2.24) is 0 Å². The largest absolute Gasteiger partial charge is 0.465 e. The van der Waals surface area contributed by atoms with Gasteiger partial charge in [0.2, 0.25) is 5.91 Å². The summed E-state index contributed by atoms with van der Waals surface area (Å²) in [6.07, 6.45) is 0. The summed E-state index contributed by atoms with van der Waals surface area (Å²) < 4.78 is 38.4. The molecule has 1 amide bonds. The first-order valence-electron chi connectivity index (χ1n) is 6.11. The molecule has 22 heavy (non-hydrogen) atoms. The number of hydrogen-bond acceptors (Lipinski definition) is 6. The van der Waals surface area contributed by atoms with Crippen LogP contribution in [0.15, 0.2) is 18.2 Å². The fourth-order valence-electron chi connectivity index (χ4n) is 1.54. The maximum Gasteiger partial charge on any atom is 0.387 e. The highest BCUT2D eigenvalue weighted by Gasteiger charge is 2.19. The molecule has 0 aliphatic heterocycles. The second kappa shape index (κ2) is 8.25. The molecule has 0 saturated heterocycles. The summed E-state index contributed by atoms with van der Waals surface area (Å²) >= 11 is 0. The molecular weight excluding hydrogens is 302 g/mol. The van der Waals surface area contributed by atoms with E-state index in [1.807, 2.05) is 0 Å². The van der Waals surface area contributed by atoms with Crippen molar-refractivity contribution in [2.45, 2.75) is 12.7 Å². The lowest BCUT2D eigenvalue weighted by Crippen LogP contribution is -2.39. The number of amides is 1. The molecule has 7 nitrogen and oxygen atoms in total. The molecule has 1 atom stereocenters. The van der Waals surface area contributed by atoms with Crippen LogP contribution in [0.1, 0.15) is 10.4 Å². The van der Waals surface area contributed by atoms with Gasteiger partial charge in [0.25, 0.3) is 0 Å². The van der Waals surface area contributed by atoms with Crippen LogP contribution in [-0.2, 0) is 14.3 Å². The zero-order chi connectivity index (χ0) is 16.7. The molecule has 0 bridgehead atoms. The lowest BCUT2D eigenvalue weighted by molar-refractivity contribution is -0.118. The van der Waals surface area contributed by atoms with Gasteiger partial charge in [-0.1, -0.05) is 0 Å². The number of methoxy groups -OCH3 is 2. The normalized spacial score (nSPS) is 11.9. The number of carbonyl (C=O) groups is 2. The molecule has 1 aromatic rings. The minimum Gasteiger partial charge on any atom is -0.465 e. The number of halogens is 2. The van der Waals surface area contributed by atoms with Crippen molar-refractivity contribution in [2.75, 3.05) is 26.1 Å². The van der Waals surface area contributed by atoms with E-state index >= 15 is 0 Å². The number of alkyl halides is 2. The van der Waals surface area contributed by atoms with Gasteiger partial charge in [0.15, 0.2) is 0 Å². The van der Waals surface area contributed by atoms with Gasteiger partial charge in [0.1, 0.15) is 11.8 Å². The number of benzene rings is 1. The van der Waals surface area contributed by atoms with Gasteiger partial charge in [-0.05, 0) is 18.2 Å². The fraction of sp³-hybridized carbons (Fsp3) is 0.385. The number of anilines is 1. The summed E-state index contributed by atoms with van der Waals surface area (Å²) in [4.78, 5) is 23.2. The van der Waals surface area contributed by atoms with Crippen LogP contribution in [0.25, 0.3) is 0 Å². The molecule has 0 aromatic heterocycles. The standard InChI is InChI=1S/C13H16F2N2O5/c1-20-6-8(16)11(18)17-9-4-3-7(12(19)21-2)5-10(9)22-13(14)15/h3-5,8,13H,6,16H2,1-2H3,(H,17,18). The Balaban J connectivity index is 3.02. The van der Waals surface area contributed by atoms with Crippen molar-refractivity contribution in [3.63, 3.8) is 0 Å². The molecule has 0 aliphatic rings. The van der Waals surface area contributed by atoms with E-state index in [0.717, 1.165) is 13.2 Å². The summed E-state index contributed by atoms with van der Waals surface area (Å²) in [6.45, 7) is -3.17. The van der Waals surface area contributed by atoms with Crippen molar-refractivity contribution in [2.24, 2.45) is 5.73 Å². The number of ether oxygens (including phenoxy) is 3. The zero-order valence-corrected chi connectivity index (χ0v) is 12.0. The molecule has 0 heterocycles. The smallest absolute Gasteiger partial charge is 0.387 e.